The molecule has 1 aromatic carbocycles. The molecular formula is C13H19FN2O. The van der Waals surface area contributed by atoms with E-state index in [9.17, 15) is 4.39 Å². The zero-order chi connectivity index (χ0) is 12.3. The van der Waals surface area contributed by atoms with Gasteiger partial charge in [-0.25, -0.2) is 4.39 Å². The highest BCUT2D eigenvalue weighted by Crippen LogP contribution is 2.19. The van der Waals surface area contributed by atoms with Crippen LogP contribution in [0, 0.1) is 11.7 Å². The predicted molar refractivity (Wildman–Crippen MR) is 64.8 cm³/mol. The molecule has 3 N–H and O–H groups in total. The third kappa shape index (κ3) is 3.25. The summed E-state index contributed by atoms with van der Waals surface area (Å²) in [5.74, 6) is 0.151. The van der Waals surface area contributed by atoms with Crippen molar-refractivity contribution in [1.82, 2.24) is 4.90 Å². The Morgan fingerprint density at radius 3 is 2.76 bits per heavy atom. The lowest BCUT2D eigenvalue weighted by atomic mass is 10.1. The fraction of sp³-hybridized carbons (Fsp3) is 0.538. The van der Waals surface area contributed by atoms with E-state index >= 15 is 0 Å². The van der Waals surface area contributed by atoms with Crippen LogP contribution in [0.5, 0.6) is 0 Å². The second-order valence-corrected chi connectivity index (χ2v) is 4.74. The first-order chi connectivity index (χ1) is 8.21. The summed E-state index contributed by atoms with van der Waals surface area (Å²) in [6.07, 6.45) is 1.02. The van der Waals surface area contributed by atoms with Gasteiger partial charge in [0.2, 0.25) is 0 Å². The Balaban J connectivity index is 2.01. The molecule has 0 radical (unpaired) electrons. The molecule has 3 nitrogen and oxygen atoms in total. The summed E-state index contributed by atoms with van der Waals surface area (Å²) in [5.41, 5.74) is 7.32. The monoisotopic (exact) mass is 238 g/mol. The summed E-state index contributed by atoms with van der Waals surface area (Å²) in [6, 6.07) is 4.99. The Labute approximate surface area is 101 Å². The zero-order valence-electron chi connectivity index (χ0n) is 9.90. The maximum Gasteiger partial charge on any atom is 0.123 e. The molecule has 0 spiro atoms. The number of nitrogens with zero attached hydrogens (tertiary/aromatic N) is 1. The van der Waals surface area contributed by atoms with Crippen LogP contribution in [-0.2, 0) is 13.1 Å². The Hall–Kier alpha value is -0.970. The molecular weight excluding hydrogens is 219 g/mol. The van der Waals surface area contributed by atoms with Gasteiger partial charge < -0.3 is 10.8 Å². The minimum atomic E-state index is -0.221. The third-order valence-electron chi connectivity index (χ3n) is 3.29. The molecule has 0 amide bonds. The van der Waals surface area contributed by atoms with Crippen LogP contribution in [-0.4, -0.2) is 29.7 Å². The molecule has 4 heteroatoms. The standard InChI is InChI=1S/C13H19FN2O/c14-13-4-11(6-15)3-12(5-13)8-16-2-1-10(7-16)9-17/h3-5,10,17H,1-2,6-9,15H2. The number of benzene rings is 1. The normalized spacial score (nSPS) is 21.0. The summed E-state index contributed by atoms with van der Waals surface area (Å²) in [4.78, 5) is 2.25. The molecule has 94 valence electrons. The van der Waals surface area contributed by atoms with Crippen LogP contribution in [0.4, 0.5) is 4.39 Å². The average molecular weight is 238 g/mol. The van der Waals surface area contributed by atoms with Gasteiger partial charge in [-0.1, -0.05) is 6.07 Å². The van der Waals surface area contributed by atoms with Gasteiger partial charge in [-0.05, 0) is 42.1 Å². The first-order valence-electron chi connectivity index (χ1n) is 6.03. The molecule has 1 fully saturated rings. The van der Waals surface area contributed by atoms with Gasteiger partial charge in [-0.3, -0.25) is 4.90 Å². The Morgan fingerprint density at radius 2 is 2.12 bits per heavy atom. The van der Waals surface area contributed by atoms with Crippen molar-refractivity contribution in [3.8, 4) is 0 Å². The molecule has 1 aliphatic rings. The zero-order valence-corrected chi connectivity index (χ0v) is 9.90. The topological polar surface area (TPSA) is 49.5 Å². The molecule has 1 aromatic rings. The molecule has 17 heavy (non-hydrogen) atoms. The van der Waals surface area contributed by atoms with Crippen LogP contribution >= 0.6 is 0 Å². The van der Waals surface area contributed by atoms with Crippen molar-refractivity contribution in [1.29, 1.82) is 0 Å². The van der Waals surface area contributed by atoms with E-state index in [2.05, 4.69) is 4.90 Å². The van der Waals surface area contributed by atoms with E-state index in [1.54, 1.807) is 6.07 Å². The van der Waals surface area contributed by atoms with Gasteiger partial charge >= 0.3 is 0 Å². The maximum atomic E-state index is 13.3. The number of hydrogen-bond acceptors (Lipinski definition) is 3. The van der Waals surface area contributed by atoms with E-state index in [4.69, 9.17) is 10.8 Å². The number of aliphatic hydroxyl groups excluding tert-OH is 1. The number of rotatable bonds is 4. The SMILES string of the molecule is NCc1cc(F)cc(CN2CCC(CO)C2)c1. The Bertz CT molecular complexity index is 384. The number of nitrogens with two attached hydrogens (primary N) is 1. The van der Waals surface area contributed by atoms with Crippen LogP contribution in [0.1, 0.15) is 17.5 Å². The summed E-state index contributed by atoms with van der Waals surface area (Å²) in [7, 11) is 0. The number of halogens is 1. The molecule has 2 rings (SSSR count). The van der Waals surface area contributed by atoms with Gasteiger partial charge in [0.1, 0.15) is 5.82 Å². The first kappa shape index (κ1) is 12.5. The highest BCUT2D eigenvalue weighted by atomic mass is 19.1. The molecule has 0 aliphatic carbocycles. The molecule has 1 unspecified atom stereocenters. The van der Waals surface area contributed by atoms with Crippen molar-refractivity contribution in [2.24, 2.45) is 11.7 Å². The lowest BCUT2D eigenvalue weighted by Gasteiger charge is -2.16. The Kier molecular flexibility index (Phi) is 4.10. The number of hydrogen-bond donors (Lipinski definition) is 2. The Morgan fingerprint density at radius 1 is 1.35 bits per heavy atom. The molecule has 1 heterocycles. The van der Waals surface area contributed by atoms with Crippen LogP contribution in [0.15, 0.2) is 18.2 Å². The van der Waals surface area contributed by atoms with Gasteiger partial charge in [-0.15, -0.1) is 0 Å². The highest BCUT2D eigenvalue weighted by molar-refractivity contribution is 5.24. The molecule has 1 atom stereocenters. The smallest absolute Gasteiger partial charge is 0.123 e. The van der Waals surface area contributed by atoms with Crippen molar-refractivity contribution >= 4 is 0 Å². The van der Waals surface area contributed by atoms with Crippen LogP contribution in [0.25, 0.3) is 0 Å². The van der Waals surface area contributed by atoms with Crippen molar-refractivity contribution in [2.45, 2.75) is 19.5 Å². The van der Waals surface area contributed by atoms with Crippen molar-refractivity contribution < 1.29 is 9.50 Å². The summed E-state index contributed by atoms with van der Waals surface area (Å²) in [5, 5.41) is 9.07. The van der Waals surface area contributed by atoms with Gasteiger partial charge in [0.15, 0.2) is 0 Å². The summed E-state index contributed by atoms with van der Waals surface area (Å²) in [6.45, 7) is 3.21. The lowest BCUT2D eigenvalue weighted by Crippen LogP contribution is -2.21. The summed E-state index contributed by atoms with van der Waals surface area (Å²) < 4.78 is 13.3. The van der Waals surface area contributed by atoms with Gasteiger partial charge in [0.25, 0.3) is 0 Å². The first-order valence-corrected chi connectivity index (χ1v) is 6.03. The van der Waals surface area contributed by atoms with Gasteiger partial charge in [-0.2, -0.15) is 0 Å². The largest absolute Gasteiger partial charge is 0.396 e. The van der Waals surface area contributed by atoms with E-state index in [0.29, 0.717) is 12.5 Å². The van der Waals surface area contributed by atoms with Gasteiger partial charge in [0, 0.05) is 26.2 Å². The second-order valence-electron chi connectivity index (χ2n) is 4.74. The quantitative estimate of drug-likeness (QED) is 0.826. The minimum absolute atomic E-state index is 0.221. The number of aliphatic hydroxyl groups is 1. The van der Waals surface area contributed by atoms with E-state index in [-0.39, 0.29) is 12.4 Å². The third-order valence-corrected chi connectivity index (χ3v) is 3.29. The van der Waals surface area contributed by atoms with E-state index in [0.717, 1.165) is 37.2 Å². The molecule has 0 aromatic heterocycles. The predicted octanol–water partition coefficient (Wildman–Crippen LogP) is 1.10. The fourth-order valence-corrected chi connectivity index (χ4v) is 2.39. The minimum Gasteiger partial charge on any atom is -0.396 e. The van der Waals surface area contributed by atoms with Crippen molar-refractivity contribution in [2.75, 3.05) is 19.7 Å². The number of likely N-dealkylation sites (tertiary alicyclic amines) is 1. The van der Waals surface area contributed by atoms with Crippen molar-refractivity contribution in [3.63, 3.8) is 0 Å². The second kappa shape index (κ2) is 5.58. The van der Waals surface area contributed by atoms with E-state index < -0.39 is 0 Å². The van der Waals surface area contributed by atoms with E-state index in [1.807, 2.05) is 6.07 Å². The van der Waals surface area contributed by atoms with Crippen LogP contribution in [0.2, 0.25) is 0 Å². The molecule has 1 saturated heterocycles. The van der Waals surface area contributed by atoms with Crippen molar-refractivity contribution in [3.05, 3.63) is 35.1 Å². The highest BCUT2D eigenvalue weighted by Gasteiger charge is 2.21. The van der Waals surface area contributed by atoms with E-state index in [1.165, 1.54) is 6.07 Å². The van der Waals surface area contributed by atoms with Gasteiger partial charge in [0.05, 0.1) is 0 Å². The lowest BCUT2D eigenvalue weighted by molar-refractivity contribution is 0.220. The molecule has 1 aliphatic heterocycles. The van der Waals surface area contributed by atoms with Crippen LogP contribution < -0.4 is 5.73 Å². The molecule has 0 bridgehead atoms. The maximum absolute atomic E-state index is 13.3. The summed E-state index contributed by atoms with van der Waals surface area (Å²) >= 11 is 0. The fourth-order valence-electron chi connectivity index (χ4n) is 2.39. The van der Waals surface area contributed by atoms with Crippen LogP contribution in [0.3, 0.4) is 0 Å². The molecule has 0 saturated carbocycles. The average Bonchev–Trinajstić information content (AvgIpc) is 2.76.